The lowest BCUT2D eigenvalue weighted by Crippen LogP contribution is -2.35. The number of halogens is 1. The first-order valence-electron chi connectivity index (χ1n) is 5.22. The fraction of sp³-hybridized carbons (Fsp3) is 0.900. The van der Waals surface area contributed by atoms with Gasteiger partial charge in [-0.2, -0.15) is 0 Å². The van der Waals surface area contributed by atoms with Gasteiger partial charge in [-0.15, -0.1) is 11.6 Å². The molecule has 0 aromatic carbocycles. The van der Waals surface area contributed by atoms with Gasteiger partial charge in [0.05, 0.1) is 0 Å². The molecule has 14 heavy (non-hydrogen) atoms. The second-order valence-corrected chi connectivity index (χ2v) is 4.54. The maximum atomic E-state index is 10.6. The fourth-order valence-corrected chi connectivity index (χ4v) is 1.74. The van der Waals surface area contributed by atoms with Crippen LogP contribution in [0.15, 0.2) is 0 Å². The summed E-state index contributed by atoms with van der Waals surface area (Å²) < 4.78 is 0. The number of aliphatic carboxylic acids is 1. The third kappa shape index (κ3) is 4.29. The van der Waals surface area contributed by atoms with Crippen LogP contribution in [0.3, 0.4) is 0 Å². The monoisotopic (exact) mass is 219 g/mol. The van der Waals surface area contributed by atoms with Crippen molar-refractivity contribution in [3.63, 3.8) is 0 Å². The third-order valence-electron chi connectivity index (χ3n) is 2.44. The van der Waals surface area contributed by atoms with Gasteiger partial charge in [-0.3, -0.25) is 4.79 Å². The van der Waals surface area contributed by atoms with Crippen LogP contribution in [0.5, 0.6) is 0 Å². The predicted molar refractivity (Wildman–Crippen MR) is 56.7 cm³/mol. The van der Waals surface area contributed by atoms with E-state index >= 15 is 0 Å². The Morgan fingerprint density at radius 3 is 2.71 bits per heavy atom. The highest BCUT2D eigenvalue weighted by atomic mass is 35.5. The summed E-state index contributed by atoms with van der Waals surface area (Å²) in [5.41, 5.74) is 0. The number of rotatable bonds is 7. The van der Waals surface area contributed by atoms with Crippen molar-refractivity contribution >= 4 is 17.6 Å². The van der Waals surface area contributed by atoms with Crippen molar-refractivity contribution in [1.82, 2.24) is 4.90 Å². The van der Waals surface area contributed by atoms with Gasteiger partial charge in [0.1, 0.15) is 5.38 Å². The largest absolute Gasteiger partial charge is 0.480 e. The molecule has 1 N–H and O–H groups in total. The van der Waals surface area contributed by atoms with Crippen LogP contribution in [0.2, 0.25) is 0 Å². The van der Waals surface area contributed by atoms with Crippen molar-refractivity contribution in [2.45, 2.75) is 31.6 Å². The summed E-state index contributed by atoms with van der Waals surface area (Å²) >= 11 is 5.71. The van der Waals surface area contributed by atoms with Gasteiger partial charge in [-0.25, -0.2) is 0 Å². The minimum atomic E-state index is -0.913. The van der Waals surface area contributed by atoms with Crippen molar-refractivity contribution in [3.05, 3.63) is 0 Å². The van der Waals surface area contributed by atoms with E-state index in [0.29, 0.717) is 6.54 Å². The van der Waals surface area contributed by atoms with E-state index in [0.717, 1.165) is 25.4 Å². The topological polar surface area (TPSA) is 40.5 Å². The number of carboxylic acid groups (broad SMARTS) is 1. The minimum Gasteiger partial charge on any atom is -0.480 e. The number of carboxylic acids is 1. The molecule has 1 unspecified atom stereocenters. The summed E-state index contributed by atoms with van der Waals surface area (Å²) in [6, 6.07) is 0. The average Bonchev–Trinajstić information content (AvgIpc) is 2.88. The van der Waals surface area contributed by atoms with E-state index in [1.807, 2.05) is 0 Å². The first kappa shape index (κ1) is 11.8. The molecule has 4 heteroatoms. The summed E-state index contributed by atoms with van der Waals surface area (Å²) in [6.45, 7) is 4.54. The second-order valence-electron chi connectivity index (χ2n) is 4.01. The number of carbonyl (C=O) groups is 1. The Bertz CT molecular complexity index is 195. The van der Waals surface area contributed by atoms with E-state index in [9.17, 15) is 4.79 Å². The van der Waals surface area contributed by atoms with E-state index in [2.05, 4.69) is 11.8 Å². The predicted octanol–water partition coefficient (Wildman–Crippen LogP) is 1.80. The molecule has 3 nitrogen and oxygen atoms in total. The van der Waals surface area contributed by atoms with Crippen LogP contribution in [-0.4, -0.2) is 41.0 Å². The number of alkyl halides is 1. The van der Waals surface area contributed by atoms with Crippen LogP contribution in [0, 0.1) is 5.92 Å². The molecular weight excluding hydrogens is 202 g/mol. The van der Waals surface area contributed by atoms with Crippen molar-refractivity contribution in [3.8, 4) is 0 Å². The summed E-state index contributed by atoms with van der Waals surface area (Å²) in [6.07, 6.45) is 3.64. The SMILES string of the molecule is CCCN(CC1CC1)CC(Cl)C(=O)O. The number of nitrogens with zero attached hydrogens (tertiary/aromatic N) is 1. The lowest BCUT2D eigenvalue weighted by molar-refractivity contribution is -0.137. The molecule has 1 aliphatic carbocycles. The zero-order valence-electron chi connectivity index (χ0n) is 8.58. The molecule has 0 spiro atoms. The molecule has 0 aliphatic heterocycles. The van der Waals surface area contributed by atoms with Crippen molar-refractivity contribution in [1.29, 1.82) is 0 Å². The normalized spacial score (nSPS) is 18.5. The number of hydrogen-bond acceptors (Lipinski definition) is 2. The van der Waals surface area contributed by atoms with Crippen LogP contribution in [0.4, 0.5) is 0 Å². The van der Waals surface area contributed by atoms with Gasteiger partial charge in [0.2, 0.25) is 0 Å². The molecule has 0 aromatic rings. The first-order chi connectivity index (χ1) is 6.63. The van der Waals surface area contributed by atoms with E-state index in [1.165, 1.54) is 12.8 Å². The van der Waals surface area contributed by atoms with Crippen LogP contribution in [0.25, 0.3) is 0 Å². The summed E-state index contributed by atoms with van der Waals surface area (Å²) in [5, 5.41) is 7.93. The highest BCUT2D eigenvalue weighted by Crippen LogP contribution is 2.29. The molecule has 0 amide bonds. The van der Waals surface area contributed by atoms with Gasteiger partial charge in [0.25, 0.3) is 0 Å². The fourth-order valence-electron chi connectivity index (χ4n) is 1.54. The Hall–Kier alpha value is -0.280. The molecule has 1 fully saturated rings. The van der Waals surface area contributed by atoms with Crippen molar-refractivity contribution in [2.75, 3.05) is 19.6 Å². The van der Waals surface area contributed by atoms with Crippen LogP contribution in [0.1, 0.15) is 26.2 Å². The van der Waals surface area contributed by atoms with Crippen molar-refractivity contribution in [2.24, 2.45) is 5.92 Å². The Kier molecular flexibility index (Phi) is 4.69. The highest BCUT2D eigenvalue weighted by molar-refractivity contribution is 6.29. The molecule has 0 bridgehead atoms. The van der Waals surface area contributed by atoms with Crippen molar-refractivity contribution < 1.29 is 9.90 Å². The summed E-state index contributed by atoms with van der Waals surface area (Å²) in [7, 11) is 0. The summed E-state index contributed by atoms with van der Waals surface area (Å²) in [4.78, 5) is 12.8. The molecular formula is C10H18ClNO2. The maximum absolute atomic E-state index is 10.6. The Labute approximate surface area is 90.0 Å². The zero-order chi connectivity index (χ0) is 10.6. The van der Waals surface area contributed by atoms with Gasteiger partial charge in [-0.1, -0.05) is 6.92 Å². The Balaban J connectivity index is 2.28. The molecule has 0 aromatic heterocycles. The van der Waals surface area contributed by atoms with Gasteiger partial charge in [0, 0.05) is 13.1 Å². The Morgan fingerprint density at radius 1 is 1.64 bits per heavy atom. The van der Waals surface area contributed by atoms with Crippen LogP contribution < -0.4 is 0 Å². The first-order valence-corrected chi connectivity index (χ1v) is 5.66. The van der Waals surface area contributed by atoms with Gasteiger partial charge >= 0.3 is 5.97 Å². The lowest BCUT2D eigenvalue weighted by Gasteiger charge is -2.22. The second kappa shape index (κ2) is 5.56. The Morgan fingerprint density at radius 2 is 2.29 bits per heavy atom. The van der Waals surface area contributed by atoms with E-state index in [-0.39, 0.29) is 0 Å². The molecule has 1 saturated carbocycles. The molecule has 1 atom stereocenters. The van der Waals surface area contributed by atoms with Gasteiger partial charge in [-0.05, 0) is 31.7 Å². The lowest BCUT2D eigenvalue weighted by atomic mass is 10.3. The smallest absolute Gasteiger partial charge is 0.322 e. The number of hydrogen-bond donors (Lipinski definition) is 1. The van der Waals surface area contributed by atoms with Gasteiger partial charge in [0.15, 0.2) is 0 Å². The third-order valence-corrected chi connectivity index (χ3v) is 2.76. The molecule has 0 heterocycles. The molecule has 82 valence electrons. The van der Waals surface area contributed by atoms with E-state index in [4.69, 9.17) is 16.7 Å². The molecule has 0 saturated heterocycles. The van der Waals surface area contributed by atoms with Gasteiger partial charge < -0.3 is 10.0 Å². The van der Waals surface area contributed by atoms with Crippen LogP contribution >= 0.6 is 11.6 Å². The highest BCUT2D eigenvalue weighted by Gasteiger charge is 2.26. The quantitative estimate of drug-likeness (QED) is 0.664. The summed E-state index contributed by atoms with van der Waals surface area (Å²) in [5.74, 6) is -0.122. The minimum absolute atomic E-state index is 0.473. The molecule has 0 radical (unpaired) electrons. The van der Waals surface area contributed by atoms with E-state index < -0.39 is 11.3 Å². The zero-order valence-corrected chi connectivity index (χ0v) is 9.33. The van der Waals surface area contributed by atoms with E-state index in [1.54, 1.807) is 0 Å². The van der Waals surface area contributed by atoms with Crippen LogP contribution in [-0.2, 0) is 4.79 Å². The molecule has 1 rings (SSSR count). The average molecular weight is 220 g/mol. The maximum Gasteiger partial charge on any atom is 0.322 e. The molecule has 1 aliphatic rings. The standard InChI is InChI=1S/C10H18ClNO2/c1-2-5-12(6-8-3-4-8)7-9(11)10(13)14/h8-9H,2-7H2,1H3,(H,13,14).